The van der Waals surface area contributed by atoms with E-state index in [-0.39, 0.29) is 5.56 Å². The molecule has 0 bridgehead atoms. The molecule has 0 unspecified atom stereocenters. The number of rotatable bonds is 4. The summed E-state index contributed by atoms with van der Waals surface area (Å²) in [7, 11) is 1.78. The molecule has 0 radical (unpaired) electrons. The van der Waals surface area contributed by atoms with Gasteiger partial charge in [-0.1, -0.05) is 30.3 Å². The van der Waals surface area contributed by atoms with E-state index in [1.54, 1.807) is 35.0 Å². The number of nitrogens with zero attached hydrogens (tertiary/aromatic N) is 4. The van der Waals surface area contributed by atoms with Gasteiger partial charge in [-0.05, 0) is 5.56 Å². The molecule has 3 aromatic rings. The van der Waals surface area contributed by atoms with Crippen molar-refractivity contribution in [2.45, 2.75) is 6.54 Å². The van der Waals surface area contributed by atoms with Gasteiger partial charge in [0.1, 0.15) is 11.3 Å². The third-order valence-electron chi connectivity index (χ3n) is 3.16. The molecule has 106 valence electrons. The molecule has 0 aliphatic rings. The highest BCUT2D eigenvalue weighted by atomic mass is 16.4. The highest BCUT2D eigenvalue weighted by molar-refractivity contribution is 5.94. The molecular formula is C15H14N4O2. The number of benzene rings is 1. The number of aryl methyl sites for hydroxylation is 1. The minimum absolute atomic E-state index is 0.180. The van der Waals surface area contributed by atoms with Crippen molar-refractivity contribution in [1.29, 1.82) is 0 Å². The Bertz CT molecular complexity index is 774. The average molecular weight is 282 g/mol. The first kappa shape index (κ1) is 13.1. The second-order valence-corrected chi connectivity index (χ2v) is 4.78. The fourth-order valence-electron chi connectivity index (χ4n) is 2.19. The van der Waals surface area contributed by atoms with Crippen molar-refractivity contribution in [3.8, 4) is 11.3 Å². The lowest BCUT2D eigenvalue weighted by atomic mass is 10.1. The van der Waals surface area contributed by atoms with Crippen molar-refractivity contribution in [3.05, 3.63) is 60.0 Å². The minimum Gasteiger partial charge on any atom is -0.478 e. The third-order valence-corrected chi connectivity index (χ3v) is 3.16. The molecule has 6 heteroatoms. The molecule has 0 amide bonds. The van der Waals surface area contributed by atoms with E-state index in [4.69, 9.17) is 0 Å². The number of hydrogen-bond acceptors (Lipinski definition) is 3. The summed E-state index contributed by atoms with van der Waals surface area (Å²) in [4.78, 5) is 11.4. The molecule has 0 fully saturated rings. The minimum atomic E-state index is -0.992. The number of aromatic nitrogens is 4. The molecule has 21 heavy (non-hydrogen) atoms. The highest BCUT2D eigenvalue weighted by Gasteiger charge is 2.18. The smallest absolute Gasteiger partial charge is 0.339 e. The predicted octanol–water partition coefficient (Wildman–Crippen LogP) is 2.03. The van der Waals surface area contributed by atoms with Crippen molar-refractivity contribution < 1.29 is 9.90 Å². The van der Waals surface area contributed by atoms with E-state index in [0.717, 1.165) is 5.56 Å². The Kier molecular flexibility index (Phi) is 3.27. The molecule has 0 saturated carbocycles. The van der Waals surface area contributed by atoms with Crippen LogP contribution in [0.2, 0.25) is 0 Å². The van der Waals surface area contributed by atoms with E-state index >= 15 is 0 Å². The van der Waals surface area contributed by atoms with Crippen LogP contribution >= 0.6 is 0 Å². The maximum atomic E-state index is 11.4. The van der Waals surface area contributed by atoms with Crippen LogP contribution in [0.15, 0.2) is 48.9 Å². The van der Waals surface area contributed by atoms with Crippen molar-refractivity contribution in [2.24, 2.45) is 7.05 Å². The van der Waals surface area contributed by atoms with Gasteiger partial charge >= 0.3 is 5.97 Å². The monoisotopic (exact) mass is 282 g/mol. The molecule has 0 atom stereocenters. The first-order valence-electron chi connectivity index (χ1n) is 6.47. The number of carboxylic acids is 1. The van der Waals surface area contributed by atoms with Gasteiger partial charge in [0.25, 0.3) is 0 Å². The maximum absolute atomic E-state index is 11.4. The fourth-order valence-corrected chi connectivity index (χ4v) is 2.19. The van der Waals surface area contributed by atoms with Gasteiger partial charge in [-0.3, -0.25) is 9.36 Å². The lowest BCUT2D eigenvalue weighted by molar-refractivity contribution is 0.0697. The fraction of sp³-hybridized carbons (Fsp3) is 0.133. The largest absolute Gasteiger partial charge is 0.478 e. The second-order valence-electron chi connectivity index (χ2n) is 4.78. The van der Waals surface area contributed by atoms with Gasteiger partial charge in [0.15, 0.2) is 0 Å². The van der Waals surface area contributed by atoms with Crippen molar-refractivity contribution >= 4 is 5.97 Å². The summed E-state index contributed by atoms with van der Waals surface area (Å²) in [5, 5.41) is 17.8. The van der Waals surface area contributed by atoms with Crippen LogP contribution in [0.1, 0.15) is 15.9 Å². The van der Waals surface area contributed by atoms with Gasteiger partial charge in [0.2, 0.25) is 0 Å². The van der Waals surface area contributed by atoms with E-state index < -0.39 is 5.97 Å². The van der Waals surface area contributed by atoms with E-state index in [1.807, 2.05) is 30.3 Å². The van der Waals surface area contributed by atoms with Crippen LogP contribution in [0.4, 0.5) is 0 Å². The molecular weight excluding hydrogens is 268 g/mol. The number of carboxylic acid groups (broad SMARTS) is 1. The number of aromatic carboxylic acids is 1. The Morgan fingerprint density at radius 1 is 1.24 bits per heavy atom. The van der Waals surface area contributed by atoms with Crippen LogP contribution < -0.4 is 0 Å². The van der Waals surface area contributed by atoms with Gasteiger partial charge in [0.05, 0.1) is 12.7 Å². The van der Waals surface area contributed by atoms with E-state index in [1.165, 1.54) is 0 Å². The molecule has 0 spiro atoms. The van der Waals surface area contributed by atoms with Crippen LogP contribution in [-0.4, -0.2) is 30.6 Å². The molecule has 1 N–H and O–H groups in total. The molecule has 0 aliphatic heterocycles. The van der Waals surface area contributed by atoms with Crippen molar-refractivity contribution in [2.75, 3.05) is 0 Å². The highest BCUT2D eigenvalue weighted by Crippen LogP contribution is 2.21. The van der Waals surface area contributed by atoms with Crippen LogP contribution in [0.25, 0.3) is 11.3 Å². The zero-order valence-electron chi connectivity index (χ0n) is 11.5. The maximum Gasteiger partial charge on any atom is 0.339 e. The zero-order chi connectivity index (χ0) is 14.8. The lowest BCUT2D eigenvalue weighted by Gasteiger charge is -2.00. The quantitative estimate of drug-likeness (QED) is 0.794. The van der Waals surface area contributed by atoms with Gasteiger partial charge in [0, 0.05) is 25.0 Å². The van der Waals surface area contributed by atoms with Crippen LogP contribution in [-0.2, 0) is 13.6 Å². The summed E-state index contributed by atoms with van der Waals surface area (Å²) < 4.78 is 3.26. The molecule has 2 aromatic heterocycles. The Hall–Kier alpha value is -2.89. The Balaban J connectivity index is 1.99. The van der Waals surface area contributed by atoms with E-state index in [2.05, 4.69) is 10.2 Å². The summed E-state index contributed by atoms with van der Waals surface area (Å²) in [6.07, 6.45) is 4.92. The summed E-state index contributed by atoms with van der Waals surface area (Å²) in [5.74, 6) is -0.992. The SMILES string of the molecule is Cn1cc(-c2nn(Cc3ccccc3)cc2C(=O)O)cn1. The lowest BCUT2D eigenvalue weighted by Crippen LogP contribution is -2.00. The van der Waals surface area contributed by atoms with E-state index in [0.29, 0.717) is 17.8 Å². The Morgan fingerprint density at radius 2 is 2.00 bits per heavy atom. The molecule has 0 aliphatic carbocycles. The normalized spacial score (nSPS) is 10.7. The summed E-state index contributed by atoms with van der Waals surface area (Å²) in [5.41, 5.74) is 2.38. The van der Waals surface area contributed by atoms with Crippen LogP contribution in [0, 0.1) is 0 Å². The first-order valence-corrected chi connectivity index (χ1v) is 6.47. The zero-order valence-corrected chi connectivity index (χ0v) is 11.5. The van der Waals surface area contributed by atoms with Crippen LogP contribution in [0.3, 0.4) is 0 Å². The van der Waals surface area contributed by atoms with Gasteiger partial charge in [-0.15, -0.1) is 0 Å². The molecule has 1 aromatic carbocycles. The van der Waals surface area contributed by atoms with Crippen molar-refractivity contribution in [3.63, 3.8) is 0 Å². The van der Waals surface area contributed by atoms with Gasteiger partial charge in [-0.25, -0.2) is 4.79 Å². The summed E-state index contributed by atoms with van der Waals surface area (Å²) in [6.45, 7) is 0.529. The predicted molar refractivity (Wildman–Crippen MR) is 76.9 cm³/mol. The second kappa shape index (κ2) is 5.24. The average Bonchev–Trinajstić information content (AvgIpc) is 3.06. The summed E-state index contributed by atoms with van der Waals surface area (Å²) >= 11 is 0. The van der Waals surface area contributed by atoms with Crippen LogP contribution in [0.5, 0.6) is 0 Å². The van der Waals surface area contributed by atoms with Crippen molar-refractivity contribution in [1.82, 2.24) is 19.6 Å². The Labute approximate surface area is 121 Å². The summed E-state index contributed by atoms with van der Waals surface area (Å²) in [6, 6.07) is 9.78. The third kappa shape index (κ3) is 2.69. The first-order chi connectivity index (χ1) is 10.1. The number of carbonyl (C=O) groups is 1. The van der Waals surface area contributed by atoms with Gasteiger partial charge < -0.3 is 5.11 Å². The molecule has 3 rings (SSSR count). The molecule has 6 nitrogen and oxygen atoms in total. The van der Waals surface area contributed by atoms with E-state index in [9.17, 15) is 9.90 Å². The standard InChI is InChI=1S/C15H14N4O2/c1-18-9-12(7-16-18)14-13(15(20)21)10-19(17-14)8-11-5-3-2-4-6-11/h2-7,9-10H,8H2,1H3,(H,20,21). The Morgan fingerprint density at radius 3 is 2.62 bits per heavy atom. The molecule has 0 saturated heterocycles. The molecule has 2 heterocycles. The number of hydrogen-bond donors (Lipinski definition) is 1. The topological polar surface area (TPSA) is 72.9 Å². The van der Waals surface area contributed by atoms with Gasteiger partial charge in [-0.2, -0.15) is 10.2 Å².